The fraction of sp³-hybridized carbons (Fsp3) is 0.250. The van der Waals surface area contributed by atoms with Gasteiger partial charge in [-0.2, -0.15) is 0 Å². The van der Waals surface area contributed by atoms with Gasteiger partial charge in [-0.05, 0) is 18.2 Å². The van der Waals surface area contributed by atoms with Gasteiger partial charge in [-0.3, -0.25) is 4.79 Å². The molecule has 1 amide bonds. The van der Waals surface area contributed by atoms with Crippen LogP contribution in [0.25, 0.3) is 0 Å². The van der Waals surface area contributed by atoms with E-state index in [0.29, 0.717) is 35.4 Å². The van der Waals surface area contributed by atoms with E-state index >= 15 is 0 Å². The number of ether oxygens (including phenoxy) is 2. The zero-order valence-corrected chi connectivity index (χ0v) is 12.5. The Morgan fingerprint density at radius 1 is 1.36 bits per heavy atom. The molecule has 1 atom stereocenters. The second kappa shape index (κ2) is 6.77. The van der Waals surface area contributed by atoms with Gasteiger partial charge in [0.05, 0.1) is 23.8 Å². The topological polar surface area (TPSA) is 60.5 Å². The molecule has 1 aliphatic heterocycles. The van der Waals surface area contributed by atoms with E-state index in [4.69, 9.17) is 21.1 Å². The zero-order chi connectivity index (χ0) is 15.4. The third-order valence-corrected chi connectivity index (χ3v) is 3.62. The summed E-state index contributed by atoms with van der Waals surface area (Å²) in [6.07, 6.45) is 2.45. The molecule has 1 N–H and O–H groups in total. The van der Waals surface area contributed by atoms with Gasteiger partial charge >= 0.3 is 0 Å². The molecule has 2 heterocycles. The van der Waals surface area contributed by atoms with E-state index in [-0.39, 0.29) is 12.0 Å². The number of carbonyl (C=O) groups excluding carboxylic acids is 1. The highest BCUT2D eigenvalue weighted by molar-refractivity contribution is 6.34. The minimum Gasteiger partial charge on any atom is -0.472 e. The predicted molar refractivity (Wildman–Crippen MR) is 83.5 cm³/mol. The van der Waals surface area contributed by atoms with E-state index in [0.717, 1.165) is 6.42 Å². The lowest BCUT2D eigenvalue weighted by Crippen LogP contribution is -2.17. The molecular formula is C16H15ClN2O3. The lowest BCUT2D eigenvalue weighted by molar-refractivity contribution is 0.102. The maximum Gasteiger partial charge on any atom is 0.257 e. The molecule has 0 radical (unpaired) electrons. The van der Waals surface area contributed by atoms with E-state index in [1.807, 2.05) is 0 Å². The zero-order valence-electron chi connectivity index (χ0n) is 11.8. The summed E-state index contributed by atoms with van der Waals surface area (Å²) in [7, 11) is 0. The van der Waals surface area contributed by atoms with Gasteiger partial charge in [-0.1, -0.05) is 23.7 Å². The molecule has 0 bridgehead atoms. The molecule has 3 rings (SSSR count). The summed E-state index contributed by atoms with van der Waals surface area (Å²) in [4.78, 5) is 16.4. The second-order valence-corrected chi connectivity index (χ2v) is 5.33. The van der Waals surface area contributed by atoms with Crippen LogP contribution in [-0.4, -0.2) is 30.2 Å². The number of amides is 1. The number of benzene rings is 1. The molecule has 22 heavy (non-hydrogen) atoms. The van der Waals surface area contributed by atoms with Crippen molar-refractivity contribution in [2.24, 2.45) is 0 Å². The molecule has 114 valence electrons. The minimum absolute atomic E-state index is 0.0158. The van der Waals surface area contributed by atoms with Crippen molar-refractivity contribution in [1.29, 1.82) is 0 Å². The van der Waals surface area contributed by atoms with Crippen LogP contribution in [-0.2, 0) is 4.74 Å². The Morgan fingerprint density at radius 3 is 3.00 bits per heavy atom. The number of carbonyl (C=O) groups is 1. The quantitative estimate of drug-likeness (QED) is 0.940. The van der Waals surface area contributed by atoms with Gasteiger partial charge in [0.15, 0.2) is 0 Å². The first-order chi connectivity index (χ1) is 10.7. The Hall–Kier alpha value is -2.11. The molecule has 0 saturated carbocycles. The second-order valence-electron chi connectivity index (χ2n) is 4.92. The number of anilines is 1. The van der Waals surface area contributed by atoms with Crippen LogP contribution in [0.1, 0.15) is 16.8 Å². The highest BCUT2D eigenvalue weighted by Gasteiger charge is 2.18. The molecular weight excluding hydrogens is 304 g/mol. The van der Waals surface area contributed by atoms with Gasteiger partial charge in [0.1, 0.15) is 6.10 Å². The summed E-state index contributed by atoms with van der Waals surface area (Å²) in [6.45, 7) is 1.27. The average molecular weight is 319 g/mol. The number of halogens is 1. The largest absolute Gasteiger partial charge is 0.472 e. The van der Waals surface area contributed by atoms with E-state index < -0.39 is 0 Å². The first kappa shape index (κ1) is 14.8. The van der Waals surface area contributed by atoms with Crippen LogP contribution in [0.15, 0.2) is 42.6 Å². The number of aromatic nitrogens is 1. The molecule has 1 aliphatic rings. The fourth-order valence-corrected chi connectivity index (χ4v) is 2.39. The molecule has 1 saturated heterocycles. The van der Waals surface area contributed by atoms with Gasteiger partial charge in [0, 0.05) is 24.4 Å². The van der Waals surface area contributed by atoms with Crippen molar-refractivity contribution in [3.63, 3.8) is 0 Å². The van der Waals surface area contributed by atoms with Crippen LogP contribution in [0.2, 0.25) is 5.02 Å². The predicted octanol–water partition coefficient (Wildman–Crippen LogP) is 3.16. The third kappa shape index (κ3) is 3.55. The summed E-state index contributed by atoms with van der Waals surface area (Å²) < 4.78 is 11.0. The van der Waals surface area contributed by atoms with Gasteiger partial charge in [0.25, 0.3) is 5.91 Å². The van der Waals surface area contributed by atoms with Crippen LogP contribution in [0.5, 0.6) is 5.88 Å². The van der Waals surface area contributed by atoms with Gasteiger partial charge in [-0.25, -0.2) is 4.98 Å². The van der Waals surface area contributed by atoms with Crippen molar-refractivity contribution >= 4 is 23.2 Å². The summed E-state index contributed by atoms with van der Waals surface area (Å²) in [5.74, 6) is 0.194. The Bertz CT molecular complexity index is 672. The standard InChI is InChI=1S/C16H15ClN2O3/c17-14-4-2-1-3-13(14)16(20)19-11-5-7-18-15(9-11)22-12-6-8-21-10-12/h1-5,7,9,12H,6,8,10H2,(H,18,19,20)/t12-/m1/s1. The van der Waals surface area contributed by atoms with Crippen molar-refractivity contribution in [2.45, 2.75) is 12.5 Å². The van der Waals surface area contributed by atoms with Crippen LogP contribution >= 0.6 is 11.6 Å². The summed E-state index contributed by atoms with van der Waals surface area (Å²) in [5, 5.41) is 3.20. The van der Waals surface area contributed by atoms with Gasteiger partial charge in [0.2, 0.25) is 5.88 Å². The van der Waals surface area contributed by atoms with Crippen molar-refractivity contribution in [3.8, 4) is 5.88 Å². The highest BCUT2D eigenvalue weighted by Crippen LogP contribution is 2.20. The normalized spacial score (nSPS) is 17.2. The molecule has 1 fully saturated rings. The Balaban J connectivity index is 1.69. The highest BCUT2D eigenvalue weighted by atomic mass is 35.5. The molecule has 2 aromatic rings. The molecule has 5 nitrogen and oxygen atoms in total. The number of nitrogens with zero attached hydrogens (tertiary/aromatic N) is 1. The van der Waals surface area contributed by atoms with Crippen LogP contribution in [0.3, 0.4) is 0 Å². The van der Waals surface area contributed by atoms with Crippen LogP contribution in [0.4, 0.5) is 5.69 Å². The van der Waals surface area contributed by atoms with Gasteiger partial charge < -0.3 is 14.8 Å². The summed E-state index contributed by atoms with van der Waals surface area (Å²) in [6, 6.07) is 10.3. The lowest BCUT2D eigenvalue weighted by atomic mass is 10.2. The van der Waals surface area contributed by atoms with E-state index in [2.05, 4.69) is 10.3 Å². The van der Waals surface area contributed by atoms with E-state index in [1.54, 1.807) is 42.6 Å². The maximum atomic E-state index is 12.2. The Kier molecular flexibility index (Phi) is 4.56. The van der Waals surface area contributed by atoms with Crippen molar-refractivity contribution in [2.75, 3.05) is 18.5 Å². The summed E-state index contributed by atoms with van der Waals surface area (Å²) >= 11 is 6.02. The van der Waals surface area contributed by atoms with E-state index in [9.17, 15) is 4.79 Å². The molecule has 0 spiro atoms. The fourth-order valence-electron chi connectivity index (χ4n) is 2.17. The number of pyridine rings is 1. The molecule has 1 aromatic heterocycles. The molecule has 0 unspecified atom stereocenters. The first-order valence-electron chi connectivity index (χ1n) is 6.99. The van der Waals surface area contributed by atoms with Gasteiger partial charge in [-0.15, -0.1) is 0 Å². The smallest absolute Gasteiger partial charge is 0.257 e. The van der Waals surface area contributed by atoms with Crippen LogP contribution in [0, 0.1) is 0 Å². The van der Waals surface area contributed by atoms with Crippen molar-refractivity contribution in [1.82, 2.24) is 4.98 Å². The van der Waals surface area contributed by atoms with Crippen LogP contribution < -0.4 is 10.1 Å². The number of nitrogens with one attached hydrogen (secondary N) is 1. The molecule has 6 heteroatoms. The minimum atomic E-state index is -0.271. The maximum absolute atomic E-state index is 12.2. The lowest BCUT2D eigenvalue weighted by Gasteiger charge is -2.12. The first-order valence-corrected chi connectivity index (χ1v) is 7.36. The molecule has 0 aliphatic carbocycles. The SMILES string of the molecule is O=C(Nc1ccnc(O[C@@H]2CCOC2)c1)c1ccccc1Cl. The Morgan fingerprint density at radius 2 is 2.23 bits per heavy atom. The Labute approximate surface area is 133 Å². The molecule has 1 aromatic carbocycles. The number of hydrogen-bond donors (Lipinski definition) is 1. The van der Waals surface area contributed by atoms with Crippen molar-refractivity contribution in [3.05, 3.63) is 53.2 Å². The summed E-state index contributed by atoms with van der Waals surface area (Å²) in [5.41, 5.74) is 1.03. The van der Waals surface area contributed by atoms with Crippen molar-refractivity contribution < 1.29 is 14.3 Å². The number of hydrogen-bond acceptors (Lipinski definition) is 4. The number of rotatable bonds is 4. The third-order valence-electron chi connectivity index (χ3n) is 3.29. The monoisotopic (exact) mass is 318 g/mol. The van der Waals surface area contributed by atoms with E-state index in [1.165, 1.54) is 0 Å². The average Bonchev–Trinajstić information content (AvgIpc) is 3.01.